The Morgan fingerprint density at radius 2 is 2.18 bits per heavy atom. The van der Waals surface area contributed by atoms with Crippen molar-refractivity contribution in [3.8, 4) is 5.88 Å². The molecule has 1 N–H and O–H groups in total. The predicted molar refractivity (Wildman–Crippen MR) is 118 cm³/mol. The van der Waals surface area contributed by atoms with E-state index in [0.717, 1.165) is 0 Å². The van der Waals surface area contributed by atoms with E-state index in [-0.39, 0.29) is 11.6 Å². The van der Waals surface area contributed by atoms with E-state index in [0.29, 0.717) is 43.8 Å². The number of halogens is 4. The summed E-state index contributed by atoms with van der Waals surface area (Å²) in [4.78, 5) is 26.5. The first-order chi connectivity index (χ1) is 16.2. The van der Waals surface area contributed by atoms with Gasteiger partial charge in [-0.3, -0.25) is 14.8 Å². The minimum absolute atomic E-state index is 0.277. The van der Waals surface area contributed by atoms with Crippen LogP contribution in [0.15, 0.2) is 47.9 Å². The lowest BCUT2D eigenvalue weighted by Gasteiger charge is -2.39. The molecule has 2 aromatic rings. The summed E-state index contributed by atoms with van der Waals surface area (Å²) in [5.74, 6) is -2.04. The predicted octanol–water partition coefficient (Wildman–Crippen LogP) is 4.01. The molecule has 1 saturated heterocycles. The van der Waals surface area contributed by atoms with Crippen molar-refractivity contribution in [1.29, 1.82) is 0 Å². The van der Waals surface area contributed by atoms with Gasteiger partial charge in [0.1, 0.15) is 11.8 Å². The molecule has 182 valence electrons. The van der Waals surface area contributed by atoms with E-state index < -0.39 is 35.6 Å². The summed E-state index contributed by atoms with van der Waals surface area (Å²) in [6.45, 7) is 2.56. The van der Waals surface area contributed by atoms with E-state index in [2.05, 4.69) is 20.3 Å². The highest BCUT2D eigenvalue weighted by Crippen LogP contribution is 2.32. The van der Waals surface area contributed by atoms with Crippen LogP contribution in [0.1, 0.15) is 41.4 Å². The number of aliphatic imine (C=N–C) groups is 1. The van der Waals surface area contributed by atoms with Crippen LogP contribution in [0.4, 0.5) is 17.6 Å². The Kier molecular flexibility index (Phi) is 8.19. The summed E-state index contributed by atoms with van der Waals surface area (Å²) < 4.78 is 58.2. The van der Waals surface area contributed by atoms with E-state index in [1.165, 1.54) is 6.20 Å². The Morgan fingerprint density at radius 3 is 2.88 bits per heavy atom. The Balaban J connectivity index is 1.73. The van der Waals surface area contributed by atoms with Crippen LogP contribution in [0, 0.1) is 5.82 Å². The number of nitrogens with one attached hydrogen (secondary N) is 1. The van der Waals surface area contributed by atoms with Crippen LogP contribution in [0.25, 0.3) is 0 Å². The number of amides is 1. The number of piperidine rings is 1. The molecule has 0 bridgehead atoms. The van der Waals surface area contributed by atoms with Gasteiger partial charge in [-0.25, -0.2) is 9.37 Å². The van der Waals surface area contributed by atoms with Crippen LogP contribution in [0.5, 0.6) is 5.88 Å². The largest absolute Gasteiger partial charge is 0.470 e. The van der Waals surface area contributed by atoms with Gasteiger partial charge in [0.15, 0.2) is 5.82 Å². The SMILES string of the molecule is CN=CC=CNCc1cccnc1C(=O)N1CCC[C@@H](Oc2ncc(C(F)(F)F)cc2F)[C@@H]1C. The molecule has 0 aromatic carbocycles. The molecule has 0 aliphatic carbocycles. The van der Waals surface area contributed by atoms with Gasteiger partial charge in [-0.15, -0.1) is 0 Å². The lowest BCUT2D eigenvalue weighted by Crippen LogP contribution is -2.51. The summed E-state index contributed by atoms with van der Waals surface area (Å²) in [5, 5.41) is 3.07. The van der Waals surface area contributed by atoms with Crippen LogP contribution in [-0.2, 0) is 12.7 Å². The van der Waals surface area contributed by atoms with Crippen molar-refractivity contribution in [2.75, 3.05) is 13.6 Å². The minimum atomic E-state index is -4.71. The Morgan fingerprint density at radius 1 is 1.38 bits per heavy atom. The molecule has 3 rings (SSSR count). The molecule has 0 spiro atoms. The molecule has 1 fully saturated rings. The molecular weight excluding hydrogens is 454 g/mol. The smallest absolute Gasteiger partial charge is 0.417 e. The van der Waals surface area contributed by atoms with Crippen molar-refractivity contribution in [2.45, 2.75) is 44.6 Å². The summed E-state index contributed by atoms with van der Waals surface area (Å²) in [6, 6.07) is 3.40. The quantitative estimate of drug-likeness (QED) is 0.480. The second kappa shape index (κ2) is 11.1. The number of rotatable bonds is 7. The number of carbonyl (C=O) groups excluding carboxylic acids is 1. The number of allylic oxidation sites excluding steroid dienone is 1. The number of carbonyl (C=O) groups is 1. The van der Waals surface area contributed by atoms with Gasteiger partial charge >= 0.3 is 6.18 Å². The van der Waals surface area contributed by atoms with Gasteiger partial charge in [-0.05, 0) is 44.2 Å². The molecule has 0 radical (unpaired) electrons. The van der Waals surface area contributed by atoms with E-state index in [9.17, 15) is 22.4 Å². The highest BCUT2D eigenvalue weighted by molar-refractivity contribution is 5.94. The molecule has 34 heavy (non-hydrogen) atoms. The topological polar surface area (TPSA) is 79.7 Å². The molecule has 1 aliphatic heterocycles. The first-order valence-electron chi connectivity index (χ1n) is 10.7. The first kappa shape index (κ1) is 25.1. The average Bonchev–Trinajstić information content (AvgIpc) is 2.80. The van der Waals surface area contributed by atoms with Gasteiger partial charge < -0.3 is 15.0 Å². The Bertz CT molecular complexity index is 1060. The van der Waals surface area contributed by atoms with Gasteiger partial charge in [0, 0.05) is 44.3 Å². The maximum absolute atomic E-state index is 14.2. The van der Waals surface area contributed by atoms with Crippen LogP contribution in [0.2, 0.25) is 0 Å². The Labute approximate surface area is 194 Å². The van der Waals surface area contributed by atoms with Gasteiger partial charge in [0.25, 0.3) is 11.8 Å². The number of alkyl halides is 3. The van der Waals surface area contributed by atoms with Gasteiger partial charge in [-0.2, -0.15) is 13.2 Å². The fourth-order valence-corrected chi connectivity index (χ4v) is 3.64. The first-order valence-corrected chi connectivity index (χ1v) is 10.7. The molecule has 3 heterocycles. The minimum Gasteiger partial charge on any atom is -0.470 e. The lowest BCUT2D eigenvalue weighted by atomic mass is 9.99. The third kappa shape index (κ3) is 6.09. The molecule has 1 aliphatic rings. The molecule has 7 nitrogen and oxygen atoms in total. The number of pyridine rings is 2. The summed E-state index contributed by atoms with van der Waals surface area (Å²) in [5.41, 5.74) is -0.228. The fourth-order valence-electron chi connectivity index (χ4n) is 3.64. The van der Waals surface area contributed by atoms with E-state index >= 15 is 0 Å². The fraction of sp³-hybridized carbons (Fsp3) is 0.391. The zero-order chi connectivity index (χ0) is 24.7. The summed E-state index contributed by atoms with van der Waals surface area (Å²) >= 11 is 0. The lowest BCUT2D eigenvalue weighted by molar-refractivity contribution is -0.138. The maximum atomic E-state index is 14.2. The van der Waals surface area contributed by atoms with Crippen molar-refractivity contribution < 1.29 is 27.1 Å². The molecule has 2 atom stereocenters. The Hall–Kier alpha value is -3.50. The molecule has 0 saturated carbocycles. The number of hydrogen-bond donors (Lipinski definition) is 1. The molecule has 2 aromatic heterocycles. The van der Waals surface area contributed by atoms with Crippen LogP contribution < -0.4 is 10.1 Å². The van der Waals surface area contributed by atoms with Crippen molar-refractivity contribution in [3.63, 3.8) is 0 Å². The third-order valence-corrected chi connectivity index (χ3v) is 5.41. The van der Waals surface area contributed by atoms with Crippen molar-refractivity contribution in [3.05, 3.63) is 65.5 Å². The van der Waals surface area contributed by atoms with E-state index in [1.807, 2.05) is 0 Å². The highest BCUT2D eigenvalue weighted by Gasteiger charge is 2.36. The van der Waals surface area contributed by atoms with Gasteiger partial charge in [0.2, 0.25) is 0 Å². The number of ether oxygens (including phenoxy) is 1. The standard InChI is InChI=1S/C23H25F4N5O2/c1-15-19(34-21-18(24)12-17(14-31-21)23(25,26)27)7-4-11-32(15)22(33)20-16(6-3-10-30-20)13-29-9-5-8-28-2/h3,5-6,8-10,12,14-15,19,29H,4,7,11,13H2,1-2H3/t15-,19+/m0/s1. The van der Waals surface area contributed by atoms with Crippen LogP contribution in [0.3, 0.4) is 0 Å². The van der Waals surface area contributed by atoms with E-state index in [1.54, 1.807) is 49.5 Å². The zero-order valence-electron chi connectivity index (χ0n) is 18.7. The second-order valence-corrected chi connectivity index (χ2v) is 7.70. The summed E-state index contributed by atoms with van der Waals surface area (Å²) in [7, 11) is 1.65. The second-order valence-electron chi connectivity index (χ2n) is 7.70. The molecule has 11 heteroatoms. The normalized spacial score (nSPS) is 19.1. The average molecular weight is 479 g/mol. The number of nitrogens with zero attached hydrogens (tertiary/aromatic N) is 4. The van der Waals surface area contributed by atoms with Crippen molar-refractivity contribution in [1.82, 2.24) is 20.2 Å². The number of hydrogen-bond acceptors (Lipinski definition) is 6. The van der Waals surface area contributed by atoms with E-state index in [4.69, 9.17) is 4.74 Å². The molecule has 0 unspecified atom stereocenters. The number of likely N-dealkylation sites (tertiary alicyclic amines) is 1. The van der Waals surface area contributed by atoms with Gasteiger partial charge in [-0.1, -0.05) is 6.07 Å². The van der Waals surface area contributed by atoms with Crippen LogP contribution in [-0.4, -0.2) is 52.7 Å². The number of aromatic nitrogens is 2. The van der Waals surface area contributed by atoms with Gasteiger partial charge in [0.05, 0.1) is 11.6 Å². The monoisotopic (exact) mass is 479 g/mol. The molecule has 1 amide bonds. The zero-order valence-corrected chi connectivity index (χ0v) is 18.7. The highest BCUT2D eigenvalue weighted by atomic mass is 19.4. The van der Waals surface area contributed by atoms with Crippen LogP contribution >= 0.6 is 0 Å². The van der Waals surface area contributed by atoms with Crippen molar-refractivity contribution >= 4 is 12.1 Å². The molecular formula is C23H25F4N5O2. The third-order valence-electron chi connectivity index (χ3n) is 5.41. The maximum Gasteiger partial charge on any atom is 0.417 e. The van der Waals surface area contributed by atoms with Crippen molar-refractivity contribution in [2.24, 2.45) is 4.99 Å². The summed E-state index contributed by atoms with van der Waals surface area (Å²) in [6.07, 6.45) is 2.82.